The van der Waals surface area contributed by atoms with Crippen LogP contribution < -0.4 is 26.3 Å². The van der Waals surface area contributed by atoms with E-state index in [9.17, 15) is 9.59 Å². The minimum Gasteiger partial charge on any atom is -0.328 e. The van der Waals surface area contributed by atoms with Crippen molar-refractivity contribution in [1.82, 2.24) is 5.32 Å². The summed E-state index contributed by atoms with van der Waals surface area (Å²) in [5, 5.41) is 6.47. The Morgan fingerprint density at radius 2 is 2.00 bits per heavy atom. The number of hydrogen-bond acceptors (Lipinski definition) is 4. The van der Waals surface area contributed by atoms with Crippen molar-refractivity contribution >= 4 is 41.5 Å². The molecule has 0 fully saturated rings. The highest BCUT2D eigenvalue weighted by molar-refractivity contribution is 6.09. The molecule has 5 aliphatic rings. The van der Waals surface area contributed by atoms with Crippen molar-refractivity contribution in [2.75, 3.05) is 0 Å². The first-order valence-corrected chi connectivity index (χ1v) is 8.20. The summed E-state index contributed by atoms with van der Waals surface area (Å²) in [4.78, 5) is 33.8. The normalized spacial score (nSPS) is 20.8. The van der Waals surface area contributed by atoms with E-state index < -0.39 is 0 Å². The van der Waals surface area contributed by atoms with Gasteiger partial charge in [-0.2, -0.15) is 0 Å². The molecule has 0 saturated carbocycles. The van der Waals surface area contributed by atoms with Crippen molar-refractivity contribution in [2.24, 2.45) is 9.98 Å². The van der Waals surface area contributed by atoms with Gasteiger partial charge in [-0.1, -0.05) is 6.08 Å². The van der Waals surface area contributed by atoms with Gasteiger partial charge in [0.15, 0.2) is 5.78 Å². The fraction of sp³-hybridized carbons (Fsp3) is 0.100. The summed E-state index contributed by atoms with van der Waals surface area (Å²) >= 11 is 0. The Morgan fingerprint density at radius 3 is 2.92 bits per heavy atom. The number of benzene rings is 1. The fourth-order valence-corrected chi connectivity index (χ4v) is 4.23. The standard InChI is InChI=1S/C20H11N3O2/c24-10-2-4-14-12(7-10)16-17-13(8-22-20(17)25)15-11(19(16)23-14)3-1-9-5-6-21-18(9)15/h2-6,8H,1,7H2,(H,22,25). The van der Waals surface area contributed by atoms with Crippen LogP contribution >= 0.6 is 0 Å². The molecule has 25 heavy (non-hydrogen) atoms. The lowest BCUT2D eigenvalue weighted by Crippen LogP contribution is -2.53. The molecule has 0 unspecified atom stereocenters. The largest absolute Gasteiger partial charge is 0.328 e. The summed E-state index contributed by atoms with van der Waals surface area (Å²) in [6.45, 7) is 0. The Balaban J connectivity index is 1.88. The van der Waals surface area contributed by atoms with Crippen molar-refractivity contribution in [2.45, 2.75) is 12.8 Å². The summed E-state index contributed by atoms with van der Waals surface area (Å²) in [7, 11) is 0. The Kier molecular flexibility index (Phi) is 2.18. The molecule has 0 spiro atoms. The minimum atomic E-state index is -0.140. The first kappa shape index (κ1) is 13.0. The first-order valence-electron chi connectivity index (χ1n) is 8.20. The van der Waals surface area contributed by atoms with Gasteiger partial charge in [0, 0.05) is 40.1 Å². The number of aliphatic imine (C=N–C) groups is 1. The van der Waals surface area contributed by atoms with Crippen LogP contribution in [0, 0.1) is 0 Å². The highest BCUT2D eigenvalue weighted by Crippen LogP contribution is 2.31. The summed E-state index contributed by atoms with van der Waals surface area (Å²) in [5.74, 6) is -0.0988. The van der Waals surface area contributed by atoms with Crippen LogP contribution in [-0.4, -0.2) is 17.9 Å². The number of fused-ring (bicyclic) bond motifs is 8. The van der Waals surface area contributed by atoms with Crippen LogP contribution in [0.3, 0.4) is 0 Å². The minimum absolute atomic E-state index is 0.0413. The molecule has 118 valence electrons. The van der Waals surface area contributed by atoms with Crippen LogP contribution in [0.4, 0.5) is 0 Å². The van der Waals surface area contributed by atoms with Crippen LogP contribution in [0.15, 0.2) is 39.5 Å². The number of carbonyl (C=O) groups excluding carboxylic acids is 2. The van der Waals surface area contributed by atoms with Gasteiger partial charge < -0.3 is 5.32 Å². The molecule has 0 atom stereocenters. The van der Waals surface area contributed by atoms with Gasteiger partial charge in [0.25, 0.3) is 5.91 Å². The van der Waals surface area contributed by atoms with Crippen LogP contribution in [-0.2, 0) is 4.79 Å². The predicted molar refractivity (Wildman–Crippen MR) is 93.2 cm³/mol. The number of allylic oxidation sites excluding steroid dienone is 4. The monoisotopic (exact) mass is 325 g/mol. The SMILES string of the molecule is O=C1C=CC2=C(C1)c1c3c(c4c(c1=N2)=CCC1=CC=NC=41)=CNC3=O. The zero-order valence-corrected chi connectivity index (χ0v) is 13.1. The first-order chi connectivity index (χ1) is 12.2. The predicted octanol–water partition coefficient (Wildman–Crippen LogP) is -0.655. The topological polar surface area (TPSA) is 70.9 Å². The second kappa shape index (κ2) is 4.19. The average Bonchev–Trinajstić information content (AvgIpc) is 3.30. The summed E-state index contributed by atoms with van der Waals surface area (Å²) in [6.07, 6.45) is 12.1. The van der Waals surface area contributed by atoms with Crippen LogP contribution in [0.1, 0.15) is 28.8 Å². The number of nitrogens with zero attached hydrogens (tertiary/aromatic N) is 2. The van der Waals surface area contributed by atoms with E-state index in [1.54, 1.807) is 24.6 Å². The van der Waals surface area contributed by atoms with Gasteiger partial charge in [-0.05, 0) is 35.8 Å². The second-order valence-corrected chi connectivity index (χ2v) is 6.60. The molecule has 3 heterocycles. The van der Waals surface area contributed by atoms with Gasteiger partial charge in [-0.25, -0.2) is 4.99 Å². The molecule has 5 heteroatoms. The molecule has 1 aromatic rings. The maximum atomic E-state index is 12.6. The van der Waals surface area contributed by atoms with Crippen LogP contribution in [0.2, 0.25) is 0 Å². The molecular formula is C20H11N3O2. The van der Waals surface area contributed by atoms with Crippen LogP contribution in [0.5, 0.6) is 0 Å². The number of carbonyl (C=O) groups is 2. The number of rotatable bonds is 0. The van der Waals surface area contributed by atoms with Gasteiger partial charge in [0.2, 0.25) is 0 Å². The fourth-order valence-electron chi connectivity index (χ4n) is 4.23. The third-order valence-corrected chi connectivity index (χ3v) is 5.29. The van der Waals surface area contributed by atoms with Gasteiger partial charge in [0.1, 0.15) is 0 Å². The van der Waals surface area contributed by atoms with E-state index in [0.717, 1.165) is 55.5 Å². The van der Waals surface area contributed by atoms with E-state index in [1.165, 1.54) is 0 Å². The zero-order chi connectivity index (χ0) is 16.7. The summed E-state index contributed by atoms with van der Waals surface area (Å²) < 4.78 is 0. The van der Waals surface area contributed by atoms with Gasteiger partial charge in [0.05, 0.1) is 22.3 Å². The lowest BCUT2D eigenvalue weighted by atomic mass is 9.88. The molecule has 1 amide bonds. The summed E-state index contributed by atoms with van der Waals surface area (Å²) in [5.41, 5.74) is 5.18. The molecule has 6 rings (SSSR count). The third-order valence-electron chi connectivity index (χ3n) is 5.29. The maximum absolute atomic E-state index is 12.6. The second-order valence-electron chi connectivity index (χ2n) is 6.60. The molecular weight excluding hydrogens is 314 g/mol. The molecule has 1 aromatic carbocycles. The lowest BCUT2D eigenvalue weighted by Gasteiger charge is -2.13. The molecule has 2 aliphatic carbocycles. The number of hydrogen-bond donors (Lipinski definition) is 1. The highest BCUT2D eigenvalue weighted by atomic mass is 16.1. The Morgan fingerprint density at radius 1 is 1.08 bits per heavy atom. The highest BCUT2D eigenvalue weighted by Gasteiger charge is 2.31. The summed E-state index contributed by atoms with van der Waals surface area (Å²) in [6, 6.07) is 0. The molecule has 1 N–H and O–H groups in total. The van der Waals surface area contributed by atoms with E-state index >= 15 is 0 Å². The molecule has 5 nitrogen and oxygen atoms in total. The smallest absolute Gasteiger partial charge is 0.256 e. The van der Waals surface area contributed by atoms with Gasteiger partial charge in [-0.3, -0.25) is 14.6 Å². The Hall–Kier alpha value is -3.34. The zero-order valence-electron chi connectivity index (χ0n) is 13.1. The van der Waals surface area contributed by atoms with E-state index in [0.29, 0.717) is 12.0 Å². The molecule has 0 bridgehead atoms. The van der Waals surface area contributed by atoms with E-state index in [4.69, 9.17) is 4.99 Å². The Labute approximate surface area is 141 Å². The number of amides is 1. The Bertz CT molecular complexity index is 1330. The van der Waals surface area contributed by atoms with E-state index in [1.807, 2.05) is 6.08 Å². The van der Waals surface area contributed by atoms with Crippen molar-refractivity contribution in [3.8, 4) is 0 Å². The van der Waals surface area contributed by atoms with Crippen molar-refractivity contribution in [1.29, 1.82) is 0 Å². The number of nitrogens with one attached hydrogen (secondary N) is 1. The van der Waals surface area contributed by atoms with Crippen molar-refractivity contribution in [3.05, 3.63) is 61.6 Å². The van der Waals surface area contributed by atoms with Crippen LogP contribution in [0.25, 0.3) is 23.5 Å². The van der Waals surface area contributed by atoms with Crippen molar-refractivity contribution < 1.29 is 9.59 Å². The lowest BCUT2D eigenvalue weighted by molar-refractivity contribution is -0.113. The number of ketones is 1. The average molecular weight is 325 g/mol. The maximum Gasteiger partial charge on any atom is 0.256 e. The molecule has 3 aliphatic heterocycles. The quantitative estimate of drug-likeness (QED) is 0.688. The van der Waals surface area contributed by atoms with Crippen molar-refractivity contribution in [3.63, 3.8) is 0 Å². The van der Waals surface area contributed by atoms with E-state index in [2.05, 4.69) is 16.4 Å². The third kappa shape index (κ3) is 1.48. The molecule has 0 aromatic heterocycles. The molecule has 0 saturated heterocycles. The van der Waals surface area contributed by atoms with Gasteiger partial charge >= 0.3 is 0 Å². The van der Waals surface area contributed by atoms with E-state index in [-0.39, 0.29) is 11.7 Å². The van der Waals surface area contributed by atoms with Gasteiger partial charge in [-0.15, -0.1) is 0 Å². The molecule has 0 radical (unpaired) electrons.